The minimum Gasteiger partial charge on any atom is -0.455 e. The molecule has 0 spiro atoms. The lowest BCUT2D eigenvalue weighted by molar-refractivity contribution is -0.120. The summed E-state index contributed by atoms with van der Waals surface area (Å²) < 4.78 is 10.9. The zero-order valence-electron chi connectivity index (χ0n) is 23.5. The monoisotopic (exact) mass is 557 g/mol. The van der Waals surface area contributed by atoms with Crippen molar-refractivity contribution in [1.82, 2.24) is 25.6 Å². The highest BCUT2D eigenvalue weighted by atomic mass is 16.5. The van der Waals surface area contributed by atoms with Crippen LogP contribution in [0.3, 0.4) is 0 Å². The summed E-state index contributed by atoms with van der Waals surface area (Å²) in [5.41, 5.74) is 4.09. The molecule has 0 aliphatic heterocycles. The molecule has 11 heteroatoms. The molecule has 2 amide bonds. The van der Waals surface area contributed by atoms with Gasteiger partial charge in [0.05, 0.1) is 24.9 Å². The van der Waals surface area contributed by atoms with Crippen LogP contribution in [-0.4, -0.2) is 60.1 Å². The number of nitrogens with zero attached hydrogens (tertiary/aromatic N) is 3. The van der Waals surface area contributed by atoms with Gasteiger partial charge in [-0.25, -0.2) is 9.97 Å². The van der Waals surface area contributed by atoms with E-state index < -0.39 is 0 Å². The molecule has 0 unspecified atom stereocenters. The average molecular weight is 558 g/mol. The normalized spacial score (nSPS) is 10.8. The smallest absolute Gasteiger partial charge is 0.233 e. The van der Waals surface area contributed by atoms with E-state index in [1.807, 2.05) is 56.3 Å². The van der Waals surface area contributed by atoms with Gasteiger partial charge < -0.3 is 30.7 Å². The second kappa shape index (κ2) is 14.7. The fraction of sp³-hybridized carbons (Fsp3) is 0.300. The Labute approximate surface area is 239 Å². The number of methoxy groups -OCH3 is 1. The van der Waals surface area contributed by atoms with Gasteiger partial charge in [0.1, 0.15) is 23.6 Å². The number of benzene rings is 2. The SMILES string of the molecule is COCCNCC(=O)NCCCC(=O)Nc1ccc2ncnc(Nc3ccc(Oc4ccc(C)nc4)c(C)c3)c2c1. The number of carbonyl (C=O) groups is 2. The van der Waals surface area contributed by atoms with Crippen molar-refractivity contribution in [2.45, 2.75) is 26.7 Å². The zero-order chi connectivity index (χ0) is 29.0. The van der Waals surface area contributed by atoms with Gasteiger partial charge in [-0.05, 0) is 74.4 Å². The molecular formula is C30H35N7O4. The van der Waals surface area contributed by atoms with E-state index in [0.717, 1.165) is 33.6 Å². The fourth-order valence-electron chi connectivity index (χ4n) is 3.99. The summed E-state index contributed by atoms with van der Waals surface area (Å²) in [4.78, 5) is 37.4. The van der Waals surface area contributed by atoms with Crippen LogP contribution in [-0.2, 0) is 14.3 Å². The fourth-order valence-corrected chi connectivity index (χ4v) is 3.99. The third-order valence-electron chi connectivity index (χ3n) is 6.14. The van der Waals surface area contributed by atoms with E-state index in [-0.39, 0.29) is 24.8 Å². The van der Waals surface area contributed by atoms with E-state index in [9.17, 15) is 9.59 Å². The van der Waals surface area contributed by atoms with Gasteiger partial charge in [-0.15, -0.1) is 0 Å². The Morgan fingerprint density at radius 3 is 2.54 bits per heavy atom. The maximum Gasteiger partial charge on any atom is 0.233 e. The molecule has 11 nitrogen and oxygen atoms in total. The van der Waals surface area contributed by atoms with E-state index >= 15 is 0 Å². The molecule has 214 valence electrons. The summed E-state index contributed by atoms with van der Waals surface area (Å²) in [6.07, 6.45) is 4.00. The van der Waals surface area contributed by atoms with E-state index in [1.165, 1.54) is 6.33 Å². The second-order valence-corrected chi connectivity index (χ2v) is 9.47. The molecular weight excluding hydrogens is 522 g/mol. The molecule has 2 aromatic heterocycles. The molecule has 0 saturated carbocycles. The molecule has 41 heavy (non-hydrogen) atoms. The number of hydrogen-bond acceptors (Lipinski definition) is 9. The van der Waals surface area contributed by atoms with Gasteiger partial charge in [-0.3, -0.25) is 14.6 Å². The molecule has 0 fully saturated rings. The van der Waals surface area contributed by atoms with Gasteiger partial charge in [-0.2, -0.15) is 0 Å². The van der Waals surface area contributed by atoms with Crippen molar-refractivity contribution in [2.24, 2.45) is 0 Å². The summed E-state index contributed by atoms with van der Waals surface area (Å²) in [6, 6.07) is 15.1. The van der Waals surface area contributed by atoms with Gasteiger partial charge in [0, 0.05) is 49.1 Å². The van der Waals surface area contributed by atoms with Crippen LogP contribution >= 0.6 is 0 Å². The molecule has 4 N–H and O–H groups in total. The highest BCUT2D eigenvalue weighted by Gasteiger charge is 2.10. The van der Waals surface area contributed by atoms with Crippen LogP contribution in [0.4, 0.5) is 17.2 Å². The molecule has 0 radical (unpaired) electrons. The van der Waals surface area contributed by atoms with Crippen molar-refractivity contribution < 1.29 is 19.1 Å². The number of aromatic nitrogens is 3. The molecule has 0 atom stereocenters. The Morgan fingerprint density at radius 1 is 0.902 bits per heavy atom. The maximum atomic E-state index is 12.5. The summed E-state index contributed by atoms with van der Waals surface area (Å²) in [5, 5.41) is 12.8. The lowest BCUT2D eigenvalue weighted by atomic mass is 10.1. The van der Waals surface area contributed by atoms with Crippen molar-refractivity contribution in [2.75, 3.05) is 44.0 Å². The lowest BCUT2D eigenvalue weighted by Gasteiger charge is -2.13. The average Bonchev–Trinajstić information content (AvgIpc) is 2.96. The first-order valence-corrected chi connectivity index (χ1v) is 13.4. The van der Waals surface area contributed by atoms with Gasteiger partial charge in [0.2, 0.25) is 11.8 Å². The standard InChI is InChI=1S/C30H35N7O4/c1-20-15-22(8-11-27(20)41-24-9-6-21(2)33-17-24)37-30-25-16-23(7-10-26(25)34-19-35-30)36-28(38)5-4-12-32-29(39)18-31-13-14-40-3/h6-11,15-17,19,31H,4-5,12-14,18H2,1-3H3,(H,32,39)(H,36,38)(H,34,35,37). The Morgan fingerprint density at radius 2 is 1.76 bits per heavy atom. The molecule has 0 aliphatic carbocycles. The summed E-state index contributed by atoms with van der Waals surface area (Å²) in [7, 11) is 1.61. The van der Waals surface area contributed by atoms with E-state index in [0.29, 0.717) is 43.4 Å². The first-order chi connectivity index (χ1) is 19.9. The number of aryl methyl sites for hydroxylation is 2. The molecule has 4 rings (SSSR count). The number of ether oxygens (including phenoxy) is 2. The molecule has 2 heterocycles. The third kappa shape index (κ3) is 8.95. The Balaban J connectivity index is 1.33. The molecule has 4 aromatic rings. The zero-order valence-corrected chi connectivity index (χ0v) is 23.5. The summed E-state index contributed by atoms with van der Waals surface area (Å²) in [6.45, 7) is 5.68. The maximum absolute atomic E-state index is 12.5. The van der Waals surface area contributed by atoms with Crippen LogP contribution in [0.5, 0.6) is 11.5 Å². The van der Waals surface area contributed by atoms with Crippen molar-refractivity contribution in [3.05, 3.63) is 72.3 Å². The third-order valence-corrected chi connectivity index (χ3v) is 6.14. The van der Waals surface area contributed by atoms with E-state index in [4.69, 9.17) is 9.47 Å². The number of carbonyl (C=O) groups excluding carboxylic acids is 2. The number of anilines is 3. The van der Waals surface area contributed by atoms with Crippen LogP contribution in [0.15, 0.2) is 61.1 Å². The van der Waals surface area contributed by atoms with Gasteiger partial charge in [-0.1, -0.05) is 0 Å². The highest BCUT2D eigenvalue weighted by Crippen LogP contribution is 2.30. The van der Waals surface area contributed by atoms with Crippen LogP contribution in [0.2, 0.25) is 0 Å². The van der Waals surface area contributed by atoms with Gasteiger partial charge >= 0.3 is 0 Å². The van der Waals surface area contributed by atoms with Crippen molar-refractivity contribution >= 4 is 39.9 Å². The topological polar surface area (TPSA) is 139 Å². The number of pyridine rings is 1. The first kappa shape index (κ1) is 29.4. The largest absolute Gasteiger partial charge is 0.455 e. The van der Waals surface area contributed by atoms with Crippen molar-refractivity contribution in [3.8, 4) is 11.5 Å². The molecule has 0 aliphatic rings. The number of nitrogens with one attached hydrogen (secondary N) is 4. The molecule has 0 bridgehead atoms. The number of hydrogen-bond donors (Lipinski definition) is 4. The lowest BCUT2D eigenvalue weighted by Crippen LogP contribution is -2.35. The second-order valence-electron chi connectivity index (χ2n) is 9.47. The molecule has 2 aromatic carbocycles. The van der Waals surface area contributed by atoms with E-state index in [2.05, 4.69) is 36.2 Å². The number of rotatable bonds is 14. The Bertz CT molecular complexity index is 1480. The van der Waals surface area contributed by atoms with Crippen molar-refractivity contribution in [1.29, 1.82) is 0 Å². The molecule has 0 saturated heterocycles. The summed E-state index contributed by atoms with van der Waals surface area (Å²) >= 11 is 0. The van der Waals surface area contributed by atoms with Crippen molar-refractivity contribution in [3.63, 3.8) is 0 Å². The minimum atomic E-state index is -0.141. The minimum absolute atomic E-state index is 0.114. The van der Waals surface area contributed by atoms with E-state index in [1.54, 1.807) is 19.4 Å². The first-order valence-electron chi connectivity index (χ1n) is 13.4. The predicted molar refractivity (Wildman–Crippen MR) is 159 cm³/mol. The predicted octanol–water partition coefficient (Wildman–Crippen LogP) is 4.25. The van der Waals surface area contributed by atoms with Crippen LogP contribution in [0, 0.1) is 13.8 Å². The Kier molecular flexibility index (Phi) is 10.5. The van der Waals surface area contributed by atoms with Gasteiger partial charge in [0.25, 0.3) is 0 Å². The number of amides is 2. The Hall–Kier alpha value is -4.61. The quantitative estimate of drug-likeness (QED) is 0.168. The number of fused-ring (bicyclic) bond motifs is 1. The van der Waals surface area contributed by atoms with Gasteiger partial charge in [0.15, 0.2) is 0 Å². The highest BCUT2D eigenvalue weighted by molar-refractivity contribution is 5.97. The van der Waals surface area contributed by atoms with Crippen LogP contribution < -0.4 is 26.0 Å². The van der Waals surface area contributed by atoms with Crippen LogP contribution in [0.25, 0.3) is 10.9 Å². The van der Waals surface area contributed by atoms with Crippen LogP contribution in [0.1, 0.15) is 24.1 Å². The summed E-state index contributed by atoms with van der Waals surface area (Å²) in [5.74, 6) is 1.77.